The van der Waals surface area contributed by atoms with Crippen molar-refractivity contribution in [2.75, 3.05) is 13.7 Å². The van der Waals surface area contributed by atoms with Crippen molar-refractivity contribution < 1.29 is 9.84 Å². The fraction of sp³-hybridized carbons (Fsp3) is 0.571. The Morgan fingerprint density at radius 3 is 2.72 bits per heavy atom. The molecule has 0 saturated heterocycles. The molecule has 0 spiro atoms. The van der Waals surface area contributed by atoms with E-state index in [1.165, 1.54) is 0 Å². The minimum absolute atomic E-state index is 0.331. The van der Waals surface area contributed by atoms with Crippen molar-refractivity contribution in [2.45, 2.75) is 37.8 Å². The summed E-state index contributed by atoms with van der Waals surface area (Å²) in [6.45, 7) is 1.11. The molecule has 18 heavy (non-hydrogen) atoms. The van der Waals surface area contributed by atoms with Crippen molar-refractivity contribution in [3.05, 3.63) is 28.8 Å². The first-order valence-corrected chi connectivity index (χ1v) is 6.79. The molecule has 0 radical (unpaired) electrons. The lowest BCUT2D eigenvalue weighted by Crippen LogP contribution is -2.32. The summed E-state index contributed by atoms with van der Waals surface area (Å²) in [5, 5.41) is 13.9. The van der Waals surface area contributed by atoms with Crippen LogP contribution in [0.2, 0.25) is 5.02 Å². The molecule has 0 amide bonds. The van der Waals surface area contributed by atoms with Gasteiger partial charge in [0.2, 0.25) is 0 Å². The summed E-state index contributed by atoms with van der Waals surface area (Å²) in [5.74, 6) is 0.650. The quantitative estimate of drug-likeness (QED) is 0.864. The molecule has 1 fully saturated rings. The van der Waals surface area contributed by atoms with Crippen LogP contribution >= 0.6 is 11.6 Å². The molecule has 0 aromatic heterocycles. The Kier molecular flexibility index (Phi) is 4.49. The van der Waals surface area contributed by atoms with Crippen molar-refractivity contribution in [3.8, 4) is 5.75 Å². The molecule has 4 heteroatoms. The van der Waals surface area contributed by atoms with Gasteiger partial charge in [-0.15, -0.1) is 0 Å². The summed E-state index contributed by atoms with van der Waals surface area (Å²) >= 11 is 6.16. The molecule has 1 aliphatic rings. The molecule has 0 unspecified atom stereocenters. The number of ether oxygens (including phenoxy) is 1. The van der Waals surface area contributed by atoms with E-state index < -0.39 is 5.60 Å². The van der Waals surface area contributed by atoms with Crippen LogP contribution in [-0.4, -0.2) is 24.4 Å². The first-order chi connectivity index (χ1) is 8.63. The van der Waals surface area contributed by atoms with Gasteiger partial charge in [-0.25, -0.2) is 0 Å². The summed E-state index contributed by atoms with van der Waals surface area (Å²) in [7, 11) is 1.90. The second-order valence-electron chi connectivity index (χ2n) is 5.02. The van der Waals surface area contributed by atoms with E-state index in [1.807, 2.05) is 25.2 Å². The Hall–Kier alpha value is -0.770. The molecule has 2 N–H and O–H groups in total. The predicted molar refractivity (Wildman–Crippen MR) is 73.1 cm³/mol. The molecule has 0 heterocycles. The third-order valence-corrected chi connectivity index (χ3v) is 3.70. The Morgan fingerprint density at radius 1 is 1.39 bits per heavy atom. The van der Waals surface area contributed by atoms with Gasteiger partial charge in [0.05, 0.1) is 10.6 Å². The highest BCUT2D eigenvalue weighted by molar-refractivity contribution is 6.32. The molecule has 100 valence electrons. The average molecular weight is 270 g/mol. The largest absolute Gasteiger partial charge is 0.489 e. The van der Waals surface area contributed by atoms with Gasteiger partial charge in [0.25, 0.3) is 0 Å². The summed E-state index contributed by atoms with van der Waals surface area (Å²) in [6.07, 6.45) is 3.80. The summed E-state index contributed by atoms with van der Waals surface area (Å²) in [5.41, 5.74) is 0.460. The molecular formula is C14H20ClNO2. The number of hydrogen-bond donors (Lipinski definition) is 2. The second kappa shape index (κ2) is 5.91. The van der Waals surface area contributed by atoms with Crippen LogP contribution < -0.4 is 10.1 Å². The lowest BCUT2D eigenvalue weighted by molar-refractivity contribution is 0.00144. The Morgan fingerprint density at radius 2 is 2.11 bits per heavy atom. The van der Waals surface area contributed by atoms with Crippen molar-refractivity contribution in [2.24, 2.45) is 0 Å². The number of halogens is 1. The Labute approximate surface area is 113 Å². The maximum absolute atomic E-state index is 10.2. The molecule has 0 atom stereocenters. The lowest BCUT2D eigenvalue weighted by atomic mass is 10.0. The standard InChI is InChI=1S/C14H20ClNO2/c1-16-9-11-4-5-13(12(15)8-11)18-10-14(17)6-2-3-7-14/h4-5,8,16-17H,2-3,6-7,9-10H2,1H3. The van der Waals surface area contributed by atoms with Crippen LogP contribution in [0.3, 0.4) is 0 Å². The van der Waals surface area contributed by atoms with Crippen LogP contribution in [0.15, 0.2) is 18.2 Å². The monoisotopic (exact) mass is 269 g/mol. The SMILES string of the molecule is CNCc1ccc(OCC2(O)CCCC2)c(Cl)c1. The zero-order valence-corrected chi connectivity index (χ0v) is 11.5. The number of hydrogen-bond acceptors (Lipinski definition) is 3. The predicted octanol–water partition coefficient (Wildman–Crippen LogP) is 2.74. The number of benzene rings is 1. The van der Waals surface area contributed by atoms with E-state index in [4.69, 9.17) is 16.3 Å². The topological polar surface area (TPSA) is 41.5 Å². The Balaban J connectivity index is 1.97. The first kappa shape index (κ1) is 13.7. The second-order valence-corrected chi connectivity index (χ2v) is 5.42. The number of nitrogens with one attached hydrogen (secondary N) is 1. The number of aliphatic hydroxyl groups is 1. The van der Waals surface area contributed by atoms with Gasteiger partial charge in [0, 0.05) is 6.54 Å². The van der Waals surface area contributed by atoms with E-state index in [1.54, 1.807) is 0 Å². The Bertz CT molecular complexity index is 403. The average Bonchev–Trinajstić information content (AvgIpc) is 2.76. The molecular weight excluding hydrogens is 250 g/mol. The van der Waals surface area contributed by atoms with Gasteiger partial charge in [-0.1, -0.05) is 30.5 Å². The van der Waals surface area contributed by atoms with Crippen molar-refractivity contribution in [1.82, 2.24) is 5.32 Å². The van der Waals surface area contributed by atoms with Gasteiger partial charge < -0.3 is 15.2 Å². The highest BCUT2D eigenvalue weighted by atomic mass is 35.5. The molecule has 1 aromatic carbocycles. The maximum atomic E-state index is 10.2. The van der Waals surface area contributed by atoms with Gasteiger partial charge >= 0.3 is 0 Å². The molecule has 1 saturated carbocycles. The van der Waals surface area contributed by atoms with Crippen LogP contribution in [0.25, 0.3) is 0 Å². The van der Waals surface area contributed by atoms with Gasteiger partial charge in [0.15, 0.2) is 0 Å². The first-order valence-electron chi connectivity index (χ1n) is 6.41. The van der Waals surface area contributed by atoms with Gasteiger partial charge in [-0.2, -0.15) is 0 Å². The van der Waals surface area contributed by atoms with E-state index in [2.05, 4.69) is 5.32 Å². The number of rotatable bonds is 5. The third-order valence-electron chi connectivity index (χ3n) is 3.41. The minimum Gasteiger partial charge on any atom is -0.489 e. The van der Waals surface area contributed by atoms with Gasteiger partial charge in [-0.3, -0.25) is 0 Å². The highest BCUT2D eigenvalue weighted by Crippen LogP contribution is 2.32. The van der Waals surface area contributed by atoms with E-state index in [-0.39, 0.29) is 0 Å². The van der Waals surface area contributed by atoms with Crippen molar-refractivity contribution >= 4 is 11.6 Å². The molecule has 0 bridgehead atoms. The van der Waals surface area contributed by atoms with Crippen LogP contribution in [-0.2, 0) is 6.54 Å². The van der Waals surface area contributed by atoms with Gasteiger partial charge in [-0.05, 0) is 37.6 Å². The zero-order chi connectivity index (χ0) is 13.0. The zero-order valence-electron chi connectivity index (χ0n) is 10.7. The van der Waals surface area contributed by atoms with E-state index in [9.17, 15) is 5.11 Å². The minimum atomic E-state index is -0.660. The van der Waals surface area contributed by atoms with Crippen LogP contribution in [0, 0.1) is 0 Å². The molecule has 3 nitrogen and oxygen atoms in total. The third kappa shape index (κ3) is 3.37. The van der Waals surface area contributed by atoms with E-state index in [0.717, 1.165) is 37.8 Å². The maximum Gasteiger partial charge on any atom is 0.138 e. The van der Waals surface area contributed by atoms with Crippen LogP contribution in [0.5, 0.6) is 5.75 Å². The van der Waals surface area contributed by atoms with E-state index in [0.29, 0.717) is 17.4 Å². The molecule has 1 aromatic rings. The molecule has 1 aliphatic carbocycles. The van der Waals surface area contributed by atoms with Gasteiger partial charge in [0.1, 0.15) is 12.4 Å². The van der Waals surface area contributed by atoms with E-state index >= 15 is 0 Å². The normalized spacial score (nSPS) is 17.9. The van der Waals surface area contributed by atoms with Crippen molar-refractivity contribution in [3.63, 3.8) is 0 Å². The molecule has 0 aliphatic heterocycles. The fourth-order valence-electron chi connectivity index (χ4n) is 2.37. The summed E-state index contributed by atoms with van der Waals surface area (Å²) < 4.78 is 5.65. The summed E-state index contributed by atoms with van der Waals surface area (Å²) in [6, 6.07) is 5.75. The fourth-order valence-corrected chi connectivity index (χ4v) is 2.62. The van der Waals surface area contributed by atoms with Crippen LogP contribution in [0.4, 0.5) is 0 Å². The molecule has 2 rings (SSSR count). The lowest BCUT2D eigenvalue weighted by Gasteiger charge is -2.22. The smallest absolute Gasteiger partial charge is 0.138 e. The highest BCUT2D eigenvalue weighted by Gasteiger charge is 2.32. The summed E-state index contributed by atoms with van der Waals surface area (Å²) in [4.78, 5) is 0. The van der Waals surface area contributed by atoms with Crippen molar-refractivity contribution in [1.29, 1.82) is 0 Å². The van der Waals surface area contributed by atoms with Crippen LogP contribution in [0.1, 0.15) is 31.2 Å².